The maximum absolute atomic E-state index is 13.6. The van der Waals surface area contributed by atoms with Gasteiger partial charge in [0, 0.05) is 16.9 Å². The highest BCUT2D eigenvalue weighted by Gasteiger charge is 2.12. The Labute approximate surface area is 128 Å². The molecule has 6 heteroatoms. The van der Waals surface area contributed by atoms with Crippen molar-refractivity contribution < 1.29 is 13.5 Å². The molecule has 3 nitrogen and oxygen atoms in total. The second-order valence-electron chi connectivity index (χ2n) is 4.62. The zero-order chi connectivity index (χ0) is 15.0. The van der Waals surface area contributed by atoms with Crippen molar-refractivity contribution in [3.05, 3.63) is 64.0 Å². The minimum absolute atomic E-state index is 0.0982. The lowest BCUT2D eigenvalue weighted by molar-refractivity contribution is 0.294. The number of ether oxygens (including phenoxy) is 1. The average molecular weight is 353 g/mol. The van der Waals surface area contributed by atoms with Gasteiger partial charge in [0.05, 0.1) is 11.3 Å². The number of pyridine rings is 1. The first-order chi connectivity index (χ1) is 10.0. The van der Waals surface area contributed by atoms with E-state index in [4.69, 9.17) is 4.74 Å². The summed E-state index contributed by atoms with van der Waals surface area (Å²) in [5.74, 6) is -0.791. The third-order valence-corrected chi connectivity index (χ3v) is 3.47. The number of hydrogen-bond acceptors (Lipinski definition) is 2. The molecular weight excluding hydrogens is 342 g/mol. The van der Waals surface area contributed by atoms with Gasteiger partial charge in [-0.1, -0.05) is 6.07 Å². The smallest absolute Gasteiger partial charge is 0.180 e. The molecule has 3 aromatic rings. The van der Waals surface area contributed by atoms with Crippen LogP contribution in [-0.2, 0) is 6.61 Å². The van der Waals surface area contributed by atoms with E-state index in [9.17, 15) is 8.78 Å². The van der Waals surface area contributed by atoms with Crippen molar-refractivity contribution in [1.29, 1.82) is 0 Å². The molecule has 0 amide bonds. The fourth-order valence-corrected chi connectivity index (χ4v) is 2.51. The molecule has 0 fully saturated rings. The summed E-state index contributed by atoms with van der Waals surface area (Å²) >= 11 is 3.37. The van der Waals surface area contributed by atoms with Crippen molar-refractivity contribution in [3.8, 4) is 5.75 Å². The van der Waals surface area contributed by atoms with Gasteiger partial charge in [-0.3, -0.25) is 0 Å². The highest BCUT2D eigenvalue weighted by molar-refractivity contribution is 9.10. The molecular formula is C15H11BrF2N2O. The molecule has 0 aliphatic rings. The van der Waals surface area contributed by atoms with Crippen molar-refractivity contribution in [3.63, 3.8) is 0 Å². The lowest BCUT2D eigenvalue weighted by Gasteiger charge is -2.09. The van der Waals surface area contributed by atoms with Crippen molar-refractivity contribution in [2.45, 2.75) is 13.5 Å². The Morgan fingerprint density at radius 3 is 2.67 bits per heavy atom. The zero-order valence-corrected chi connectivity index (χ0v) is 12.7. The second kappa shape index (κ2) is 5.44. The summed E-state index contributed by atoms with van der Waals surface area (Å²) in [6, 6.07) is 5.46. The summed E-state index contributed by atoms with van der Waals surface area (Å²) in [5.41, 5.74) is 1.33. The van der Waals surface area contributed by atoms with Crippen LogP contribution < -0.4 is 4.74 Å². The van der Waals surface area contributed by atoms with Crippen LogP contribution in [0, 0.1) is 18.6 Å². The first-order valence-electron chi connectivity index (χ1n) is 6.25. The molecule has 0 atom stereocenters. The van der Waals surface area contributed by atoms with Gasteiger partial charge in [-0.15, -0.1) is 0 Å². The Balaban J connectivity index is 1.95. The molecule has 2 aromatic heterocycles. The molecule has 0 spiro atoms. The molecule has 0 radical (unpaired) electrons. The third-order valence-electron chi connectivity index (χ3n) is 3.04. The fraction of sp³-hybridized carbons (Fsp3) is 0.133. The largest absolute Gasteiger partial charge is 0.485 e. The van der Waals surface area contributed by atoms with Crippen LogP contribution in [0.15, 0.2) is 41.1 Å². The standard InChI is InChI=1S/C15H11BrF2N2O/c1-9-6-20-7-10(16)5-14(15(20)19-9)21-8-11-12(17)3-2-4-13(11)18/h2-7H,8H2,1H3. The van der Waals surface area contributed by atoms with E-state index in [1.807, 2.05) is 19.3 Å². The Morgan fingerprint density at radius 2 is 1.95 bits per heavy atom. The average Bonchev–Trinajstić information content (AvgIpc) is 2.78. The van der Waals surface area contributed by atoms with Gasteiger partial charge in [0.2, 0.25) is 0 Å². The fourth-order valence-electron chi connectivity index (χ4n) is 2.08. The van der Waals surface area contributed by atoms with E-state index in [1.54, 1.807) is 10.5 Å². The number of aromatic nitrogens is 2. The van der Waals surface area contributed by atoms with E-state index in [-0.39, 0.29) is 12.2 Å². The summed E-state index contributed by atoms with van der Waals surface area (Å²) in [6.45, 7) is 1.66. The van der Waals surface area contributed by atoms with Crippen molar-refractivity contribution in [2.75, 3.05) is 0 Å². The predicted octanol–water partition coefficient (Wildman–Crippen LogP) is 4.26. The highest BCUT2D eigenvalue weighted by atomic mass is 79.9. The monoisotopic (exact) mass is 352 g/mol. The van der Waals surface area contributed by atoms with Crippen molar-refractivity contribution in [1.82, 2.24) is 9.38 Å². The molecule has 0 aliphatic heterocycles. The maximum atomic E-state index is 13.6. The minimum Gasteiger partial charge on any atom is -0.485 e. The molecule has 0 saturated heterocycles. The van der Waals surface area contributed by atoms with Gasteiger partial charge in [0.25, 0.3) is 0 Å². The topological polar surface area (TPSA) is 26.5 Å². The molecule has 0 bridgehead atoms. The molecule has 108 valence electrons. The highest BCUT2D eigenvalue weighted by Crippen LogP contribution is 2.26. The SMILES string of the molecule is Cc1cn2cc(Br)cc(OCc3c(F)cccc3F)c2n1. The van der Waals surface area contributed by atoms with Crippen molar-refractivity contribution >= 4 is 21.6 Å². The number of hydrogen-bond donors (Lipinski definition) is 0. The van der Waals surface area contributed by atoms with Crippen LogP contribution in [0.1, 0.15) is 11.3 Å². The molecule has 0 aliphatic carbocycles. The van der Waals surface area contributed by atoms with E-state index in [0.717, 1.165) is 10.2 Å². The first kappa shape index (κ1) is 14.0. The minimum atomic E-state index is -0.625. The first-order valence-corrected chi connectivity index (χ1v) is 7.04. The second-order valence-corrected chi connectivity index (χ2v) is 5.54. The van der Waals surface area contributed by atoms with E-state index < -0.39 is 11.6 Å². The number of aryl methyl sites for hydroxylation is 1. The summed E-state index contributed by atoms with van der Waals surface area (Å²) in [6.07, 6.45) is 3.68. The van der Waals surface area contributed by atoms with Crippen LogP contribution in [0.4, 0.5) is 8.78 Å². The van der Waals surface area contributed by atoms with Crippen LogP contribution in [0.25, 0.3) is 5.65 Å². The molecule has 3 rings (SSSR count). The van der Waals surface area contributed by atoms with Crippen LogP contribution in [0.5, 0.6) is 5.75 Å². The Morgan fingerprint density at radius 1 is 1.24 bits per heavy atom. The normalized spacial score (nSPS) is 11.0. The molecule has 0 N–H and O–H groups in total. The lowest BCUT2D eigenvalue weighted by Crippen LogP contribution is -2.03. The molecule has 0 unspecified atom stereocenters. The van der Waals surface area contributed by atoms with Crippen LogP contribution in [0.2, 0.25) is 0 Å². The summed E-state index contributed by atoms with van der Waals surface area (Å²) in [5, 5.41) is 0. The molecule has 0 saturated carbocycles. The van der Waals surface area contributed by atoms with Gasteiger partial charge in [-0.25, -0.2) is 13.8 Å². The van der Waals surface area contributed by atoms with Gasteiger partial charge >= 0.3 is 0 Å². The maximum Gasteiger partial charge on any atom is 0.180 e. The third kappa shape index (κ3) is 2.76. The number of benzene rings is 1. The van der Waals surface area contributed by atoms with Gasteiger partial charge < -0.3 is 9.14 Å². The van der Waals surface area contributed by atoms with Gasteiger partial charge in [0.1, 0.15) is 18.2 Å². The van der Waals surface area contributed by atoms with Crippen LogP contribution in [0.3, 0.4) is 0 Å². The van der Waals surface area contributed by atoms with Crippen molar-refractivity contribution in [2.24, 2.45) is 0 Å². The molecule has 1 aromatic carbocycles. The van der Waals surface area contributed by atoms with E-state index in [0.29, 0.717) is 11.4 Å². The number of rotatable bonds is 3. The Kier molecular flexibility index (Phi) is 3.63. The number of fused-ring (bicyclic) bond motifs is 1. The quantitative estimate of drug-likeness (QED) is 0.703. The van der Waals surface area contributed by atoms with E-state index in [2.05, 4.69) is 20.9 Å². The summed E-state index contributed by atoms with van der Waals surface area (Å²) in [7, 11) is 0. The molecule has 21 heavy (non-hydrogen) atoms. The lowest BCUT2D eigenvalue weighted by atomic mass is 10.2. The van der Waals surface area contributed by atoms with E-state index in [1.165, 1.54) is 18.2 Å². The summed E-state index contributed by atoms with van der Waals surface area (Å²) in [4.78, 5) is 4.34. The number of halogens is 3. The molecule has 2 heterocycles. The van der Waals surface area contributed by atoms with Gasteiger partial charge in [0.15, 0.2) is 11.4 Å². The van der Waals surface area contributed by atoms with Gasteiger partial charge in [-0.2, -0.15) is 0 Å². The van der Waals surface area contributed by atoms with Crippen LogP contribution >= 0.6 is 15.9 Å². The summed E-state index contributed by atoms with van der Waals surface area (Å²) < 4.78 is 35.4. The predicted molar refractivity (Wildman–Crippen MR) is 78.3 cm³/mol. The number of imidazole rings is 1. The van der Waals surface area contributed by atoms with Gasteiger partial charge in [-0.05, 0) is 41.1 Å². The Bertz CT molecular complexity index is 797. The van der Waals surface area contributed by atoms with Crippen LogP contribution in [-0.4, -0.2) is 9.38 Å². The van der Waals surface area contributed by atoms with E-state index >= 15 is 0 Å². The zero-order valence-electron chi connectivity index (χ0n) is 11.1. The number of nitrogens with zero attached hydrogens (tertiary/aromatic N) is 2. The Hall–Kier alpha value is -1.95.